The zero-order valence-corrected chi connectivity index (χ0v) is 16.8. The molecule has 0 saturated heterocycles. The van der Waals surface area contributed by atoms with Gasteiger partial charge in [0.25, 0.3) is 0 Å². The van der Waals surface area contributed by atoms with E-state index < -0.39 is 0 Å². The second-order valence-electron chi connectivity index (χ2n) is 7.55. The lowest BCUT2D eigenvalue weighted by Crippen LogP contribution is -2.24. The third-order valence-electron chi connectivity index (χ3n) is 4.96. The van der Waals surface area contributed by atoms with Crippen LogP contribution in [-0.2, 0) is 29.1 Å². The second-order valence-corrected chi connectivity index (χ2v) is 7.55. The Bertz CT molecular complexity index is 1140. The Hall–Kier alpha value is -3.11. The quantitative estimate of drug-likeness (QED) is 0.464. The highest BCUT2D eigenvalue weighted by Crippen LogP contribution is 2.30. The van der Waals surface area contributed by atoms with Crippen LogP contribution in [0.15, 0.2) is 71.3 Å². The molecule has 1 aromatic heterocycles. The highest BCUT2D eigenvalue weighted by molar-refractivity contribution is 6.08. The minimum absolute atomic E-state index is 0.0236. The summed E-state index contributed by atoms with van der Waals surface area (Å²) < 4.78 is 11.3. The van der Waals surface area contributed by atoms with E-state index in [-0.39, 0.29) is 18.4 Å². The molecule has 4 heteroatoms. The number of benzene rings is 3. The van der Waals surface area contributed by atoms with E-state index in [4.69, 9.17) is 9.15 Å². The molecule has 0 aliphatic heterocycles. The number of carbonyl (C=O) groups is 1. The molecule has 0 saturated carbocycles. The average Bonchev–Trinajstić information content (AvgIpc) is 3.14. The fraction of sp³-hybridized carbons (Fsp3) is 0.240. The van der Waals surface area contributed by atoms with E-state index in [9.17, 15) is 4.79 Å². The van der Waals surface area contributed by atoms with Gasteiger partial charge in [-0.3, -0.25) is 4.79 Å². The summed E-state index contributed by atoms with van der Waals surface area (Å²) in [7, 11) is 0. The van der Waals surface area contributed by atoms with Crippen molar-refractivity contribution in [2.75, 3.05) is 0 Å². The molecule has 4 nitrogen and oxygen atoms in total. The second kappa shape index (κ2) is 8.50. The number of hydrogen-bond donors (Lipinski definition) is 1. The van der Waals surface area contributed by atoms with E-state index in [0.717, 1.165) is 38.4 Å². The molecule has 0 unspecified atom stereocenters. The molecule has 0 spiro atoms. The predicted octanol–water partition coefficient (Wildman–Crippen LogP) is 5.37. The van der Waals surface area contributed by atoms with Crippen LogP contribution in [0, 0.1) is 0 Å². The van der Waals surface area contributed by atoms with Gasteiger partial charge in [-0.1, -0.05) is 54.6 Å². The van der Waals surface area contributed by atoms with Gasteiger partial charge in [-0.25, -0.2) is 0 Å². The highest BCUT2D eigenvalue weighted by Gasteiger charge is 2.13. The van der Waals surface area contributed by atoms with Crippen molar-refractivity contribution in [3.05, 3.63) is 83.6 Å². The fourth-order valence-electron chi connectivity index (χ4n) is 3.53. The summed E-state index contributed by atoms with van der Waals surface area (Å²) >= 11 is 0. The van der Waals surface area contributed by atoms with Crippen molar-refractivity contribution in [3.63, 3.8) is 0 Å². The molecule has 1 N–H and O–H groups in total. The average molecular weight is 387 g/mol. The summed E-state index contributed by atoms with van der Waals surface area (Å²) in [6.45, 7) is 5.11. The van der Waals surface area contributed by atoms with Crippen molar-refractivity contribution >= 4 is 27.6 Å². The van der Waals surface area contributed by atoms with Gasteiger partial charge in [0.1, 0.15) is 5.58 Å². The van der Waals surface area contributed by atoms with Crippen LogP contribution in [0.2, 0.25) is 0 Å². The van der Waals surface area contributed by atoms with Gasteiger partial charge >= 0.3 is 0 Å². The van der Waals surface area contributed by atoms with Crippen molar-refractivity contribution in [2.45, 2.75) is 39.5 Å². The van der Waals surface area contributed by atoms with Crippen LogP contribution < -0.4 is 5.32 Å². The first kappa shape index (κ1) is 19.2. The maximum absolute atomic E-state index is 12.6. The van der Waals surface area contributed by atoms with E-state index in [1.54, 1.807) is 6.26 Å². The van der Waals surface area contributed by atoms with Gasteiger partial charge < -0.3 is 14.5 Å². The molecule has 0 atom stereocenters. The van der Waals surface area contributed by atoms with Crippen LogP contribution in [0.4, 0.5) is 0 Å². The number of hydrogen-bond acceptors (Lipinski definition) is 3. The Morgan fingerprint density at radius 2 is 1.86 bits per heavy atom. The summed E-state index contributed by atoms with van der Waals surface area (Å²) in [5.41, 5.74) is 3.89. The van der Waals surface area contributed by atoms with Crippen LogP contribution in [0.3, 0.4) is 0 Å². The molecule has 148 valence electrons. The van der Waals surface area contributed by atoms with E-state index in [1.165, 1.54) is 0 Å². The molecular weight excluding hydrogens is 362 g/mol. The van der Waals surface area contributed by atoms with Crippen molar-refractivity contribution in [3.8, 4) is 0 Å². The predicted molar refractivity (Wildman–Crippen MR) is 116 cm³/mol. The van der Waals surface area contributed by atoms with E-state index in [1.807, 2.05) is 56.3 Å². The number of amides is 1. The zero-order valence-electron chi connectivity index (χ0n) is 16.8. The van der Waals surface area contributed by atoms with Gasteiger partial charge in [-0.05, 0) is 41.8 Å². The maximum atomic E-state index is 12.6. The van der Waals surface area contributed by atoms with Gasteiger partial charge in [0.2, 0.25) is 5.91 Å². The van der Waals surface area contributed by atoms with Crippen LogP contribution >= 0.6 is 0 Å². The molecule has 0 aliphatic rings. The normalized spacial score (nSPS) is 11.4. The molecule has 0 aliphatic carbocycles. The Labute approximate surface area is 170 Å². The summed E-state index contributed by atoms with van der Waals surface area (Å²) in [4.78, 5) is 12.6. The van der Waals surface area contributed by atoms with E-state index in [0.29, 0.717) is 13.2 Å². The molecule has 3 aromatic carbocycles. The smallest absolute Gasteiger partial charge is 0.224 e. The third kappa shape index (κ3) is 4.49. The number of ether oxygens (including phenoxy) is 1. The van der Waals surface area contributed by atoms with Gasteiger partial charge in [0, 0.05) is 17.5 Å². The summed E-state index contributed by atoms with van der Waals surface area (Å²) in [6, 6.07) is 20.3. The zero-order chi connectivity index (χ0) is 20.2. The van der Waals surface area contributed by atoms with Crippen molar-refractivity contribution < 1.29 is 13.9 Å². The number of furan rings is 1. The summed E-state index contributed by atoms with van der Waals surface area (Å²) in [6.07, 6.45) is 2.18. The Morgan fingerprint density at radius 1 is 1.03 bits per heavy atom. The summed E-state index contributed by atoms with van der Waals surface area (Å²) in [5, 5.41) is 6.29. The monoisotopic (exact) mass is 387 g/mol. The molecule has 4 rings (SSSR count). The number of fused-ring (bicyclic) bond motifs is 3. The standard InChI is InChI=1S/C25H25NO3/c1-17(2)28-15-19-7-5-6-18(12-19)14-26-24(27)13-21-16-29-23-11-10-20-8-3-4-9-22(20)25(21)23/h3-12,16-17H,13-15H2,1-2H3,(H,26,27). The lowest BCUT2D eigenvalue weighted by molar-refractivity contribution is -0.120. The van der Waals surface area contributed by atoms with Crippen LogP contribution in [0.5, 0.6) is 0 Å². The lowest BCUT2D eigenvalue weighted by Gasteiger charge is -2.10. The van der Waals surface area contributed by atoms with Crippen LogP contribution in [-0.4, -0.2) is 12.0 Å². The molecular formula is C25H25NO3. The molecule has 4 aromatic rings. The fourth-order valence-corrected chi connectivity index (χ4v) is 3.53. The topological polar surface area (TPSA) is 51.5 Å². The minimum atomic E-state index is -0.0236. The lowest BCUT2D eigenvalue weighted by atomic mass is 10.0. The molecule has 29 heavy (non-hydrogen) atoms. The van der Waals surface area contributed by atoms with Crippen molar-refractivity contribution in [1.82, 2.24) is 5.32 Å². The Balaban J connectivity index is 1.44. The molecule has 1 heterocycles. The van der Waals surface area contributed by atoms with E-state index in [2.05, 4.69) is 23.5 Å². The number of nitrogens with one attached hydrogen (secondary N) is 1. The van der Waals surface area contributed by atoms with Gasteiger partial charge in [-0.15, -0.1) is 0 Å². The van der Waals surface area contributed by atoms with Crippen molar-refractivity contribution in [2.24, 2.45) is 0 Å². The molecule has 0 bridgehead atoms. The minimum Gasteiger partial charge on any atom is -0.464 e. The SMILES string of the molecule is CC(C)OCc1cccc(CNC(=O)Cc2coc3ccc4ccccc4c23)c1. The van der Waals surface area contributed by atoms with Crippen molar-refractivity contribution in [1.29, 1.82) is 0 Å². The first-order valence-electron chi connectivity index (χ1n) is 9.94. The van der Waals surface area contributed by atoms with Crippen LogP contribution in [0.1, 0.15) is 30.5 Å². The maximum Gasteiger partial charge on any atom is 0.224 e. The first-order valence-corrected chi connectivity index (χ1v) is 9.94. The Morgan fingerprint density at radius 3 is 2.72 bits per heavy atom. The first-order chi connectivity index (χ1) is 14.1. The van der Waals surface area contributed by atoms with Gasteiger partial charge in [0.05, 0.1) is 25.4 Å². The molecule has 0 fully saturated rings. The largest absolute Gasteiger partial charge is 0.464 e. The number of rotatable bonds is 7. The third-order valence-corrected chi connectivity index (χ3v) is 4.96. The Kier molecular flexibility index (Phi) is 5.63. The van der Waals surface area contributed by atoms with Crippen LogP contribution in [0.25, 0.3) is 21.7 Å². The summed E-state index contributed by atoms with van der Waals surface area (Å²) in [5.74, 6) is -0.0236. The van der Waals surface area contributed by atoms with Gasteiger partial charge in [-0.2, -0.15) is 0 Å². The number of carbonyl (C=O) groups excluding carboxylic acids is 1. The van der Waals surface area contributed by atoms with E-state index >= 15 is 0 Å². The van der Waals surface area contributed by atoms with Gasteiger partial charge in [0.15, 0.2) is 0 Å². The molecule has 0 radical (unpaired) electrons. The highest BCUT2D eigenvalue weighted by atomic mass is 16.5. The molecule has 1 amide bonds.